The zero-order chi connectivity index (χ0) is 24.8. The Hall–Kier alpha value is -1.97. The maximum Gasteiger partial charge on any atom is 0.303 e. The molecule has 2 aliphatic heterocycles. The number of phenols is 1. The Bertz CT molecular complexity index is 982. The number of hydrogen-bond acceptors (Lipinski definition) is 6. The number of imide groups is 1. The molecular weight excluding hydrogens is 506 g/mol. The van der Waals surface area contributed by atoms with Gasteiger partial charge in [-0.2, -0.15) is 0 Å². The van der Waals surface area contributed by atoms with Gasteiger partial charge in [-0.05, 0) is 49.8 Å². The quantitative estimate of drug-likeness (QED) is 0.339. The van der Waals surface area contributed by atoms with E-state index >= 15 is 0 Å². The first-order valence-corrected chi connectivity index (χ1v) is 12.8. The Morgan fingerprint density at radius 2 is 1.94 bits per heavy atom. The molecule has 1 aromatic carbocycles. The fourth-order valence-corrected chi connectivity index (χ4v) is 6.53. The van der Waals surface area contributed by atoms with Crippen LogP contribution in [0, 0.1) is 29.6 Å². The fourth-order valence-electron chi connectivity index (χ4n) is 6.15. The van der Waals surface area contributed by atoms with Gasteiger partial charge in [-0.3, -0.25) is 19.3 Å². The average molecular weight is 538 g/mol. The number of aliphatic carboxylic acids is 1. The highest BCUT2D eigenvalue weighted by Crippen LogP contribution is 2.60. The summed E-state index contributed by atoms with van der Waals surface area (Å²) in [4.78, 5) is 38.7. The van der Waals surface area contributed by atoms with E-state index in [1.807, 2.05) is 13.8 Å². The second-order valence-electron chi connectivity index (χ2n) is 10.2. The van der Waals surface area contributed by atoms with Gasteiger partial charge in [0.25, 0.3) is 0 Å². The summed E-state index contributed by atoms with van der Waals surface area (Å²) < 4.78 is 7.02. The number of unbranched alkanes of at least 4 members (excludes halogenated alkanes) is 2. The van der Waals surface area contributed by atoms with Crippen LogP contribution in [0.1, 0.15) is 64.0 Å². The molecule has 1 aromatic rings. The van der Waals surface area contributed by atoms with Gasteiger partial charge >= 0.3 is 5.97 Å². The van der Waals surface area contributed by atoms with Crippen LogP contribution in [0.4, 0.5) is 0 Å². The Morgan fingerprint density at radius 3 is 2.62 bits per heavy atom. The van der Waals surface area contributed by atoms with Crippen LogP contribution < -0.4 is 0 Å². The third-order valence-corrected chi connectivity index (χ3v) is 8.28. The van der Waals surface area contributed by atoms with Crippen molar-refractivity contribution in [2.45, 2.75) is 64.3 Å². The molecule has 9 heteroatoms. The van der Waals surface area contributed by atoms with Gasteiger partial charge < -0.3 is 20.1 Å². The number of carbonyl (C=O) groups is 3. The number of likely N-dealkylation sites (tertiary alicyclic amines) is 1. The highest BCUT2D eigenvalue weighted by Gasteiger charge is 2.67. The van der Waals surface area contributed by atoms with E-state index in [1.54, 1.807) is 18.2 Å². The third-order valence-electron chi connectivity index (χ3n) is 7.78. The summed E-state index contributed by atoms with van der Waals surface area (Å²) in [5.41, 5.74) is 0.545. The van der Waals surface area contributed by atoms with Crippen LogP contribution in [-0.2, 0) is 19.1 Å². The number of nitrogens with zero attached hydrogens (tertiary/aromatic N) is 1. The van der Waals surface area contributed by atoms with Gasteiger partial charge in [0.05, 0.1) is 17.9 Å². The molecule has 34 heavy (non-hydrogen) atoms. The number of hydrogen-bond donors (Lipinski definition) is 3. The van der Waals surface area contributed by atoms with E-state index in [0.29, 0.717) is 37.7 Å². The molecule has 0 radical (unpaired) electrons. The van der Waals surface area contributed by atoms with Crippen LogP contribution in [0.15, 0.2) is 22.7 Å². The summed E-state index contributed by atoms with van der Waals surface area (Å²) in [6, 6.07) is 5.04. The minimum Gasteiger partial charge on any atom is -0.508 e. The van der Waals surface area contributed by atoms with Crippen molar-refractivity contribution in [1.82, 2.24) is 4.90 Å². The van der Waals surface area contributed by atoms with E-state index in [-0.39, 0.29) is 42.4 Å². The van der Waals surface area contributed by atoms with Crippen molar-refractivity contribution in [2.75, 3.05) is 6.54 Å². The second kappa shape index (κ2) is 9.59. The Kier molecular flexibility index (Phi) is 7.09. The first kappa shape index (κ1) is 25.1. The smallest absolute Gasteiger partial charge is 0.303 e. The van der Waals surface area contributed by atoms with Gasteiger partial charge in [0, 0.05) is 34.8 Å². The zero-order valence-electron chi connectivity index (χ0n) is 19.4. The number of halogens is 1. The summed E-state index contributed by atoms with van der Waals surface area (Å²) in [6.45, 7) is 4.22. The number of carboxylic acid groups (broad SMARTS) is 1. The van der Waals surface area contributed by atoms with Gasteiger partial charge in [-0.15, -0.1) is 0 Å². The summed E-state index contributed by atoms with van der Waals surface area (Å²) in [6.07, 6.45) is 1.84. The molecule has 8 nitrogen and oxygen atoms in total. The highest BCUT2D eigenvalue weighted by molar-refractivity contribution is 9.10. The predicted molar refractivity (Wildman–Crippen MR) is 125 cm³/mol. The monoisotopic (exact) mass is 537 g/mol. The van der Waals surface area contributed by atoms with Crippen molar-refractivity contribution in [1.29, 1.82) is 0 Å². The number of fused-ring (bicyclic) bond motifs is 3. The van der Waals surface area contributed by atoms with Gasteiger partial charge in [0.2, 0.25) is 11.8 Å². The lowest BCUT2D eigenvalue weighted by Gasteiger charge is -2.46. The summed E-state index contributed by atoms with van der Waals surface area (Å²) >= 11 is 3.41. The molecule has 2 amide bonds. The third kappa shape index (κ3) is 4.38. The lowest BCUT2D eigenvalue weighted by Crippen LogP contribution is -2.55. The van der Waals surface area contributed by atoms with E-state index in [4.69, 9.17) is 9.84 Å². The fraction of sp³-hybridized carbons (Fsp3) is 0.640. The zero-order valence-corrected chi connectivity index (χ0v) is 21.0. The van der Waals surface area contributed by atoms with Crippen LogP contribution in [0.5, 0.6) is 5.75 Å². The maximum absolute atomic E-state index is 13.4. The molecule has 1 aliphatic carbocycles. The van der Waals surface area contributed by atoms with E-state index < -0.39 is 35.6 Å². The topological polar surface area (TPSA) is 124 Å². The molecule has 0 aromatic heterocycles. The molecule has 0 unspecified atom stereocenters. The van der Waals surface area contributed by atoms with Crippen LogP contribution in [0.25, 0.3) is 0 Å². The van der Waals surface area contributed by atoms with Gasteiger partial charge in [0.15, 0.2) is 5.79 Å². The molecule has 0 spiro atoms. The van der Waals surface area contributed by atoms with E-state index in [9.17, 15) is 24.6 Å². The van der Waals surface area contributed by atoms with Gasteiger partial charge in [-0.1, -0.05) is 36.2 Å². The summed E-state index contributed by atoms with van der Waals surface area (Å²) in [5.74, 6) is -4.86. The molecule has 2 heterocycles. The largest absolute Gasteiger partial charge is 0.508 e. The minimum absolute atomic E-state index is 0.0243. The molecular formula is C25H32BrNO7. The predicted octanol–water partition coefficient (Wildman–Crippen LogP) is 3.84. The summed E-state index contributed by atoms with van der Waals surface area (Å²) in [7, 11) is 0. The lowest BCUT2D eigenvalue weighted by atomic mass is 9.62. The van der Waals surface area contributed by atoms with E-state index in [2.05, 4.69) is 15.9 Å². The Labute approximate surface area is 207 Å². The maximum atomic E-state index is 13.4. The van der Waals surface area contributed by atoms with Crippen LogP contribution in [-0.4, -0.2) is 50.3 Å². The van der Waals surface area contributed by atoms with Crippen molar-refractivity contribution >= 4 is 33.7 Å². The first-order chi connectivity index (χ1) is 16.0. The molecule has 186 valence electrons. The first-order valence-electron chi connectivity index (χ1n) is 12.0. The standard InChI is InChI=1S/C25H32BrNO7/c1-13(2)17-11-16-22(24(32)27(23(16)31)9-5-3-4-6-21(29)30)18-12-20(34-25(17,18)33)15-10-14(26)7-8-19(15)28/h7-8,10,13,16-18,20,22,28,33H,3-6,9,11-12H2,1-2H3,(H,29,30)/t16-,17+,18-,20-,22-,25+/m0/s1. The van der Waals surface area contributed by atoms with Crippen LogP contribution in [0.2, 0.25) is 0 Å². The Balaban J connectivity index is 1.58. The summed E-state index contributed by atoms with van der Waals surface area (Å²) in [5, 5.41) is 31.0. The molecule has 4 rings (SSSR count). The number of amides is 2. The van der Waals surface area contributed by atoms with Crippen LogP contribution in [0.3, 0.4) is 0 Å². The van der Waals surface area contributed by atoms with Crippen molar-refractivity contribution in [2.24, 2.45) is 29.6 Å². The SMILES string of the molecule is CC(C)[C@H]1C[C@@H]2C(=O)N(CCCCCC(=O)O)C(=O)[C@@H]2[C@@H]2C[C@@H](c3cc(Br)ccc3O)O[C@]12O. The number of carboxylic acids is 1. The molecule has 0 bridgehead atoms. The molecule has 6 atom stereocenters. The van der Waals surface area contributed by atoms with Crippen molar-refractivity contribution in [3.05, 3.63) is 28.2 Å². The van der Waals surface area contributed by atoms with Crippen LogP contribution >= 0.6 is 15.9 Å². The average Bonchev–Trinajstić information content (AvgIpc) is 3.23. The highest BCUT2D eigenvalue weighted by atomic mass is 79.9. The van der Waals surface area contributed by atoms with Gasteiger partial charge in [0.1, 0.15) is 5.75 Å². The number of rotatable bonds is 8. The number of aliphatic hydroxyl groups is 1. The second-order valence-corrected chi connectivity index (χ2v) is 11.1. The number of aromatic hydroxyl groups is 1. The van der Waals surface area contributed by atoms with Crippen molar-refractivity contribution in [3.8, 4) is 5.75 Å². The van der Waals surface area contributed by atoms with E-state index in [1.165, 1.54) is 4.90 Å². The van der Waals surface area contributed by atoms with Crippen molar-refractivity contribution in [3.63, 3.8) is 0 Å². The van der Waals surface area contributed by atoms with E-state index in [0.717, 1.165) is 4.47 Å². The Morgan fingerprint density at radius 1 is 1.21 bits per heavy atom. The molecule has 1 saturated carbocycles. The number of benzene rings is 1. The lowest BCUT2D eigenvalue weighted by molar-refractivity contribution is -0.276. The molecule has 3 fully saturated rings. The normalized spacial score (nSPS) is 32.9. The minimum atomic E-state index is -1.57. The number of ether oxygens (including phenoxy) is 1. The number of phenolic OH excluding ortho intramolecular Hbond substituents is 1. The molecule has 3 N–H and O–H groups in total. The van der Waals surface area contributed by atoms with Crippen molar-refractivity contribution < 1.29 is 34.4 Å². The molecule has 3 aliphatic rings. The van der Waals surface area contributed by atoms with Gasteiger partial charge in [-0.25, -0.2) is 0 Å². The number of carbonyl (C=O) groups excluding carboxylic acids is 2. The molecule has 2 saturated heterocycles.